The Labute approximate surface area is 544 Å². The van der Waals surface area contributed by atoms with Crippen molar-refractivity contribution in [3.8, 4) is 0 Å². The molecule has 0 aromatic rings. The number of aliphatic hydroxyl groups excluding tert-OH is 11. The van der Waals surface area contributed by atoms with Crippen LogP contribution in [-0.4, -0.2) is 193 Å². The molecular weight excluding hydrogens is 1150 g/mol. The molecule has 3 fully saturated rings. The Morgan fingerprint density at radius 1 is 0.389 bits per heavy atom. The zero-order valence-electron chi connectivity index (χ0n) is 56.4. The maximum absolute atomic E-state index is 13.4. The summed E-state index contributed by atoms with van der Waals surface area (Å²) in [5.74, 6) is -0.270. The van der Waals surface area contributed by atoms with E-state index < -0.39 is 124 Å². The molecule has 0 radical (unpaired) electrons. The molecule has 3 rings (SSSR count). The summed E-state index contributed by atoms with van der Waals surface area (Å²) >= 11 is 0. The summed E-state index contributed by atoms with van der Waals surface area (Å²) in [5, 5.41) is 120. The first kappa shape index (κ1) is 82.8. The first-order valence-corrected chi connectivity index (χ1v) is 36.9. The summed E-state index contributed by atoms with van der Waals surface area (Å²) in [4.78, 5) is 13.4. The van der Waals surface area contributed by atoms with E-state index in [0.717, 1.165) is 44.9 Å². The van der Waals surface area contributed by atoms with Crippen molar-refractivity contribution in [1.82, 2.24) is 5.32 Å². The number of amides is 1. The number of allylic oxidation sites excluding steroid dienone is 1. The van der Waals surface area contributed by atoms with Gasteiger partial charge in [0.1, 0.15) is 73.2 Å². The van der Waals surface area contributed by atoms with Crippen LogP contribution >= 0.6 is 0 Å². The van der Waals surface area contributed by atoms with Crippen LogP contribution in [0, 0.1) is 0 Å². The van der Waals surface area contributed by atoms with Gasteiger partial charge in [-0.25, -0.2) is 0 Å². The van der Waals surface area contributed by atoms with Gasteiger partial charge in [-0.2, -0.15) is 0 Å². The Kier molecular flexibility index (Phi) is 49.3. The van der Waals surface area contributed by atoms with E-state index in [-0.39, 0.29) is 18.9 Å². The second-order valence-corrected chi connectivity index (χ2v) is 26.8. The first-order valence-electron chi connectivity index (χ1n) is 36.9. The first-order chi connectivity index (χ1) is 43.8. The number of nitrogens with one attached hydrogen (secondary N) is 1. The third-order valence-corrected chi connectivity index (χ3v) is 18.8. The van der Waals surface area contributed by atoms with Gasteiger partial charge in [-0.15, -0.1) is 0 Å². The van der Waals surface area contributed by atoms with Crippen LogP contribution < -0.4 is 5.32 Å². The van der Waals surface area contributed by atoms with Gasteiger partial charge in [0.05, 0.1) is 38.6 Å². The molecule has 19 nitrogen and oxygen atoms in total. The van der Waals surface area contributed by atoms with Crippen molar-refractivity contribution < 1.29 is 89.4 Å². The van der Waals surface area contributed by atoms with Gasteiger partial charge in [-0.05, 0) is 19.3 Å². The van der Waals surface area contributed by atoms with Crippen molar-refractivity contribution in [2.24, 2.45) is 0 Å². The number of carbonyl (C=O) groups is 1. The van der Waals surface area contributed by atoms with E-state index in [1.165, 1.54) is 231 Å². The summed E-state index contributed by atoms with van der Waals surface area (Å²) in [6.07, 6.45) is 33.8. The van der Waals surface area contributed by atoms with E-state index in [1.54, 1.807) is 6.08 Å². The van der Waals surface area contributed by atoms with Crippen molar-refractivity contribution in [2.45, 2.75) is 407 Å². The number of hydrogen-bond donors (Lipinski definition) is 12. The fraction of sp³-hybridized carbons (Fsp3) is 0.958. The number of hydrogen-bond acceptors (Lipinski definition) is 18. The molecule has 0 bridgehead atoms. The number of ether oxygens (including phenoxy) is 6. The Morgan fingerprint density at radius 3 is 1.04 bits per heavy atom. The average molecular weight is 1290 g/mol. The second kappa shape index (κ2) is 53.6. The standard InChI is InChI=1S/C71H135NO18/c1-3-5-7-9-11-13-15-16-17-18-19-20-21-22-23-24-25-26-27-28-29-30-31-32-33-34-35-36-37-39-41-43-45-47-49-59(77)72-54(55(76)48-46-44-42-40-38-14-12-10-8-6-4-2)53-85-69-65(83)62(80)67(57(51-74)87-69)90-71-66(84)63(81)68(58(52-75)88-71)89-70-64(82)61(79)60(78)56(50-73)86-70/h46,48,54-58,60-71,73-76,78-84H,3-45,47,49-53H2,1-2H3,(H,72,77)/b48-46+. The fourth-order valence-electron chi connectivity index (χ4n) is 12.8. The zero-order chi connectivity index (χ0) is 65.4. The molecule has 17 unspecified atom stereocenters. The van der Waals surface area contributed by atoms with Gasteiger partial charge in [0.15, 0.2) is 18.9 Å². The summed E-state index contributed by atoms with van der Waals surface area (Å²) < 4.78 is 34.3. The van der Waals surface area contributed by atoms with Crippen molar-refractivity contribution >= 4 is 5.91 Å². The molecule has 1 amide bonds. The van der Waals surface area contributed by atoms with Crippen LogP contribution in [0.2, 0.25) is 0 Å². The van der Waals surface area contributed by atoms with Gasteiger partial charge in [0.2, 0.25) is 5.91 Å². The third kappa shape index (κ3) is 35.0. The molecular formula is C71H135NO18. The topological polar surface area (TPSA) is 307 Å². The summed E-state index contributed by atoms with van der Waals surface area (Å²) in [7, 11) is 0. The summed E-state index contributed by atoms with van der Waals surface area (Å²) in [5.41, 5.74) is 0. The van der Waals surface area contributed by atoms with E-state index in [1.807, 2.05) is 6.08 Å². The molecule has 532 valence electrons. The lowest BCUT2D eigenvalue weighted by atomic mass is 9.96. The third-order valence-electron chi connectivity index (χ3n) is 18.8. The molecule has 3 aliphatic rings. The van der Waals surface area contributed by atoms with Crippen LogP contribution in [0.5, 0.6) is 0 Å². The van der Waals surface area contributed by atoms with Crippen LogP contribution in [0.3, 0.4) is 0 Å². The van der Waals surface area contributed by atoms with Gasteiger partial charge >= 0.3 is 0 Å². The van der Waals surface area contributed by atoms with Crippen molar-refractivity contribution in [3.63, 3.8) is 0 Å². The summed E-state index contributed by atoms with van der Waals surface area (Å²) in [6, 6.07) is -0.967. The van der Waals surface area contributed by atoms with E-state index in [0.29, 0.717) is 6.42 Å². The zero-order valence-corrected chi connectivity index (χ0v) is 56.4. The molecule has 12 N–H and O–H groups in total. The smallest absolute Gasteiger partial charge is 0.220 e. The minimum Gasteiger partial charge on any atom is -0.394 e. The van der Waals surface area contributed by atoms with Gasteiger partial charge in [-0.1, -0.05) is 289 Å². The normalized spacial score (nSPS) is 28.0. The van der Waals surface area contributed by atoms with E-state index in [2.05, 4.69) is 19.2 Å². The highest BCUT2D eigenvalue weighted by Gasteiger charge is 2.53. The van der Waals surface area contributed by atoms with Crippen molar-refractivity contribution in [2.75, 3.05) is 26.4 Å². The molecule has 0 aromatic heterocycles. The van der Waals surface area contributed by atoms with Gasteiger partial charge < -0.3 is 89.9 Å². The number of carbonyl (C=O) groups excluding carboxylic acids is 1. The lowest BCUT2D eigenvalue weighted by Gasteiger charge is -2.48. The van der Waals surface area contributed by atoms with E-state index in [9.17, 15) is 61.0 Å². The van der Waals surface area contributed by atoms with Crippen molar-refractivity contribution in [1.29, 1.82) is 0 Å². The van der Waals surface area contributed by atoms with E-state index >= 15 is 0 Å². The highest BCUT2D eigenvalue weighted by Crippen LogP contribution is 2.33. The van der Waals surface area contributed by atoms with Gasteiger partial charge in [-0.3, -0.25) is 4.79 Å². The second-order valence-electron chi connectivity index (χ2n) is 26.8. The van der Waals surface area contributed by atoms with E-state index in [4.69, 9.17) is 28.4 Å². The van der Waals surface area contributed by atoms with Gasteiger partial charge in [0, 0.05) is 6.42 Å². The number of rotatable bonds is 58. The van der Waals surface area contributed by atoms with Crippen LogP contribution in [0.15, 0.2) is 12.2 Å². The monoisotopic (exact) mass is 1290 g/mol. The van der Waals surface area contributed by atoms with Crippen LogP contribution in [-0.2, 0) is 33.2 Å². The summed E-state index contributed by atoms with van der Waals surface area (Å²) in [6.45, 7) is 1.74. The minimum atomic E-state index is -1.98. The maximum Gasteiger partial charge on any atom is 0.220 e. The Hall–Kier alpha value is -1.47. The largest absolute Gasteiger partial charge is 0.394 e. The molecule has 0 aliphatic carbocycles. The molecule has 3 saturated heterocycles. The molecule has 3 heterocycles. The molecule has 0 aromatic carbocycles. The molecule has 0 saturated carbocycles. The average Bonchev–Trinajstić information content (AvgIpc) is 1.48. The lowest BCUT2D eigenvalue weighted by Crippen LogP contribution is -2.66. The minimum absolute atomic E-state index is 0.249. The molecule has 17 atom stereocenters. The lowest BCUT2D eigenvalue weighted by molar-refractivity contribution is -0.379. The maximum atomic E-state index is 13.4. The van der Waals surface area contributed by atoms with Crippen LogP contribution in [0.1, 0.15) is 303 Å². The highest BCUT2D eigenvalue weighted by atomic mass is 16.8. The quantitative estimate of drug-likeness (QED) is 0.0199. The molecule has 90 heavy (non-hydrogen) atoms. The predicted molar refractivity (Wildman–Crippen MR) is 351 cm³/mol. The van der Waals surface area contributed by atoms with Crippen LogP contribution in [0.25, 0.3) is 0 Å². The molecule has 0 spiro atoms. The number of unbranched alkanes of at least 4 members (excludes halogenated alkanes) is 42. The predicted octanol–water partition coefficient (Wildman–Crippen LogP) is 10.4. The Bertz CT molecular complexity index is 1680. The Morgan fingerprint density at radius 2 is 0.689 bits per heavy atom. The molecule has 3 aliphatic heterocycles. The van der Waals surface area contributed by atoms with Gasteiger partial charge in [0.25, 0.3) is 0 Å². The van der Waals surface area contributed by atoms with Crippen molar-refractivity contribution in [3.05, 3.63) is 12.2 Å². The SMILES string of the molecule is CCCCCCCCCCC/C=C/C(O)C(COC1OC(CO)C(OC2OC(CO)C(OC3OC(CO)C(O)C(O)C3O)C(O)C2O)C(O)C1O)NC(=O)CCCCCCCCCCCCCCCCCCCCCCCCCCCCCCCCCCCC. The number of aliphatic hydroxyl groups is 11. The highest BCUT2D eigenvalue weighted by molar-refractivity contribution is 5.76. The Balaban J connectivity index is 1.31. The molecule has 19 heteroatoms. The van der Waals surface area contributed by atoms with Crippen LogP contribution in [0.4, 0.5) is 0 Å². The fourth-order valence-corrected chi connectivity index (χ4v) is 12.8.